The number of nitriles is 1. The highest BCUT2D eigenvalue weighted by Gasteiger charge is 2.25. The van der Waals surface area contributed by atoms with Gasteiger partial charge in [-0.15, -0.1) is 0 Å². The van der Waals surface area contributed by atoms with Crippen LogP contribution in [0.4, 0.5) is 15.8 Å². The topological polar surface area (TPSA) is 90.5 Å². The van der Waals surface area contributed by atoms with Crippen LogP contribution >= 0.6 is 0 Å². The summed E-state index contributed by atoms with van der Waals surface area (Å²) in [5, 5.41) is 20.2. The molecule has 1 amide bonds. The van der Waals surface area contributed by atoms with E-state index in [1.165, 1.54) is 35.2 Å². The molecule has 1 aliphatic rings. The summed E-state index contributed by atoms with van der Waals surface area (Å²) >= 11 is 0. The minimum Gasteiger partial charge on any atom is -0.366 e. The van der Waals surface area contributed by atoms with Crippen LogP contribution in [0, 0.1) is 27.3 Å². The van der Waals surface area contributed by atoms with E-state index < -0.39 is 10.8 Å². The van der Waals surface area contributed by atoms with Crippen molar-refractivity contribution in [1.29, 1.82) is 5.26 Å². The molecule has 8 heteroatoms. The summed E-state index contributed by atoms with van der Waals surface area (Å²) in [5.74, 6) is -0.757. The fraction of sp³-hybridized carbons (Fsp3) is 0.200. The summed E-state index contributed by atoms with van der Waals surface area (Å²) in [4.78, 5) is 26.4. The Labute approximate surface area is 161 Å². The normalized spacial score (nSPS) is 14.5. The standard InChI is InChI=1S/C20H17FN4O3/c21-18-6-1-2-7-19(18)23-8-10-24(11-9-23)20(26)16(14-22)12-15-4-3-5-17(13-15)25(27)28/h1-7,12-13H,8-11H2/b16-12+. The number of amides is 1. The van der Waals surface area contributed by atoms with E-state index in [-0.39, 0.29) is 17.1 Å². The molecule has 1 heterocycles. The highest BCUT2D eigenvalue weighted by atomic mass is 19.1. The van der Waals surface area contributed by atoms with E-state index >= 15 is 0 Å². The number of nitro benzene ring substituents is 1. The van der Waals surface area contributed by atoms with Crippen LogP contribution in [0.25, 0.3) is 6.08 Å². The average Bonchev–Trinajstić information content (AvgIpc) is 2.72. The maximum Gasteiger partial charge on any atom is 0.270 e. The Morgan fingerprint density at radius 3 is 2.50 bits per heavy atom. The highest BCUT2D eigenvalue weighted by molar-refractivity contribution is 6.01. The number of para-hydroxylation sites is 1. The summed E-state index contributed by atoms with van der Waals surface area (Å²) in [7, 11) is 0. The highest BCUT2D eigenvalue weighted by Crippen LogP contribution is 2.21. The minimum absolute atomic E-state index is 0.0974. The second-order valence-corrected chi connectivity index (χ2v) is 6.25. The van der Waals surface area contributed by atoms with Gasteiger partial charge in [0, 0.05) is 38.3 Å². The van der Waals surface area contributed by atoms with E-state index in [0.717, 1.165) is 0 Å². The molecule has 0 atom stereocenters. The smallest absolute Gasteiger partial charge is 0.270 e. The number of non-ortho nitro benzene ring substituents is 1. The quantitative estimate of drug-likeness (QED) is 0.352. The van der Waals surface area contributed by atoms with Gasteiger partial charge in [0.25, 0.3) is 11.6 Å². The molecule has 0 bridgehead atoms. The predicted molar refractivity (Wildman–Crippen MR) is 102 cm³/mol. The van der Waals surface area contributed by atoms with Gasteiger partial charge in [0.1, 0.15) is 17.5 Å². The summed E-state index contributed by atoms with van der Waals surface area (Å²) in [6.45, 7) is 1.59. The molecule has 0 aliphatic carbocycles. The molecule has 7 nitrogen and oxygen atoms in total. The van der Waals surface area contributed by atoms with Gasteiger partial charge in [0.2, 0.25) is 0 Å². The van der Waals surface area contributed by atoms with Crippen LogP contribution in [0.1, 0.15) is 5.56 Å². The molecular formula is C20H17FN4O3. The summed E-state index contributed by atoms with van der Waals surface area (Å²) < 4.78 is 13.9. The first-order chi connectivity index (χ1) is 13.5. The number of anilines is 1. The van der Waals surface area contributed by atoms with Crippen LogP contribution in [0.15, 0.2) is 54.1 Å². The fourth-order valence-electron chi connectivity index (χ4n) is 3.07. The number of benzene rings is 2. The number of hydrogen-bond acceptors (Lipinski definition) is 5. The van der Waals surface area contributed by atoms with Gasteiger partial charge in [-0.05, 0) is 23.8 Å². The Kier molecular flexibility index (Phi) is 5.65. The van der Waals surface area contributed by atoms with Crippen LogP contribution in [0.5, 0.6) is 0 Å². The van der Waals surface area contributed by atoms with Crippen molar-refractivity contribution < 1.29 is 14.1 Å². The number of rotatable bonds is 4. The van der Waals surface area contributed by atoms with Gasteiger partial charge in [-0.3, -0.25) is 14.9 Å². The van der Waals surface area contributed by atoms with E-state index in [1.807, 2.05) is 11.0 Å². The van der Waals surface area contributed by atoms with Crippen molar-refractivity contribution in [3.05, 3.63) is 75.6 Å². The van der Waals surface area contributed by atoms with E-state index in [1.54, 1.807) is 24.3 Å². The van der Waals surface area contributed by atoms with Crippen molar-refractivity contribution in [1.82, 2.24) is 4.90 Å². The lowest BCUT2D eigenvalue weighted by atomic mass is 10.1. The molecule has 0 saturated carbocycles. The molecular weight excluding hydrogens is 363 g/mol. The Morgan fingerprint density at radius 1 is 1.14 bits per heavy atom. The fourth-order valence-corrected chi connectivity index (χ4v) is 3.07. The van der Waals surface area contributed by atoms with Crippen LogP contribution < -0.4 is 4.90 Å². The first kappa shape index (κ1) is 19.0. The van der Waals surface area contributed by atoms with Gasteiger partial charge in [-0.2, -0.15) is 5.26 Å². The maximum absolute atomic E-state index is 13.9. The summed E-state index contributed by atoms with van der Waals surface area (Å²) in [5.41, 5.74) is 0.683. The number of nitro groups is 1. The second kappa shape index (κ2) is 8.31. The summed E-state index contributed by atoms with van der Waals surface area (Å²) in [6, 6.07) is 14.1. The number of piperazine rings is 1. The lowest BCUT2D eigenvalue weighted by molar-refractivity contribution is -0.384. The third kappa shape index (κ3) is 4.15. The van der Waals surface area contributed by atoms with E-state index in [2.05, 4.69) is 0 Å². The largest absolute Gasteiger partial charge is 0.366 e. The zero-order valence-corrected chi connectivity index (χ0v) is 14.9. The van der Waals surface area contributed by atoms with Crippen LogP contribution in [-0.2, 0) is 4.79 Å². The first-order valence-electron chi connectivity index (χ1n) is 8.64. The molecule has 0 unspecified atom stereocenters. The minimum atomic E-state index is -0.535. The van der Waals surface area contributed by atoms with Crippen molar-refractivity contribution in [3.63, 3.8) is 0 Å². The molecule has 0 spiro atoms. The van der Waals surface area contributed by atoms with Crippen molar-refractivity contribution in [2.45, 2.75) is 0 Å². The van der Waals surface area contributed by atoms with Crippen LogP contribution in [0.3, 0.4) is 0 Å². The predicted octanol–water partition coefficient (Wildman–Crippen LogP) is 2.99. The third-order valence-corrected chi connectivity index (χ3v) is 4.50. The number of nitrogens with zero attached hydrogens (tertiary/aromatic N) is 4. The van der Waals surface area contributed by atoms with Gasteiger partial charge in [-0.25, -0.2) is 4.39 Å². The number of carbonyl (C=O) groups is 1. The van der Waals surface area contributed by atoms with E-state index in [0.29, 0.717) is 37.4 Å². The zero-order chi connectivity index (χ0) is 20.1. The molecule has 1 fully saturated rings. The SMILES string of the molecule is N#C/C(=C\c1cccc([N+](=O)[O-])c1)C(=O)N1CCN(c2ccccc2F)CC1. The molecule has 3 rings (SSSR count). The molecule has 0 radical (unpaired) electrons. The molecule has 2 aromatic rings. The third-order valence-electron chi connectivity index (χ3n) is 4.50. The monoisotopic (exact) mass is 380 g/mol. The summed E-state index contributed by atoms with van der Waals surface area (Å²) in [6.07, 6.45) is 1.35. The van der Waals surface area contributed by atoms with Gasteiger partial charge < -0.3 is 9.80 Å². The Morgan fingerprint density at radius 2 is 1.86 bits per heavy atom. The Hall–Kier alpha value is -3.73. The van der Waals surface area contributed by atoms with Crippen LogP contribution in [0.2, 0.25) is 0 Å². The van der Waals surface area contributed by atoms with Crippen molar-refractivity contribution in [2.24, 2.45) is 0 Å². The first-order valence-corrected chi connectivity index (χ1v) is 8.64. The molecule has 0 aromatic heterocycles. The lowest BCUT2D eigenvalue weighted by Crippen LogP contribution is -2.49. The van der Waals surface area contributed by atoms with E-state index in [4.69, 9.17) is 0 Å². The second-order valence-electron chi connectivity index (χ2n) is 6.25. The Bertz CT molecular complexity index is 975. The number of halogens is 1. The average molecular weight is 380 g/mol. The van der Waals surface area contributed by atoms with Gasteiger partial charge in [-0.1, -0.05) is 24.3 Å². The van der Waals surface area contributed by atoms with Crippen LogP contribution in [-0.4, -0.2) is 41.9 Å². The molecule has 142 valence electrons. The maximum atomic E-state index is 13.9. The Balaban J connectivity index is 1.71. The van der Waals surface area contributed by atoms with Gasteiger partial charge >= 0.3 is 0 Å². The molecule has 1 saturated heterocycles. The number of carbonyl (C=O) groups excluding carboxylic acids is 1. The molecule has 1 aliphatic heterocycles. The van der Waals surface area contributed by atoms with Gasteiger partial charge in [0.15, 0.2) is 0 Å². The van der Waals surface area contributed by atoms with E-state index in [9.17, 15) is 24.6 Å². The van der Waals surface area contributed by atoms with Crippen molar-refractivity contribution >= 4 is 23.4 Å². The zero-order valence-electron chi connectivity index (χ0n) is 14.9. The lowest BCUT2D eigenvalue weighted by Gasteiger charge is -2.36. The van der Waals surface area contributed by atoms with Crippen molar-refractivity contribution in [2.75, 3.05) is 31.1 Å². The number of hydrogen-bond donors (Lipinski definition) is 0. The van der Waals surface area contributed by atoms with Crippen molar-refractivity contribution in [3.8, 4) is 6.07 Å². The molecule has 28 heavy (non-hydrogen) atoms. The molecule has 0 N–H and O–H groups in total. The van der Waals surface area contributed by atoms with Gasteiger partial charge in [0.05, 0.1) is 10.6 Å². The molecule has 2 aromatic carbocycles.